The van der Waals surface area contributed by atoms with E-state index in [2.05, 4.69) is 23.9 Å². The number of fused-ring (bicyclic) bond motifs is 1. The van der Waals surface area contributed by atoms with E-state index >= 15 is 0 Å². The molecule has 0 saturated heterocycles. The van der Waals surface area contributed by atoms with Crippen LogP contribution in [-0.4, -0.2) is 14.6 Å². The average Bonchev–Trinajstić information content (AvgIpc) is 2.75. The molecule has 0 radical (unpaired) electrons. The molecule has 0 saturated carbocycles. The van der Waals surface area contributed by atoms with Gasteiger partial charge in [0.2, 0.25) is 4.96 Å². The number of aromatic nitrogens is 3. The third kappa shape index (κ3) is 2.35. The molecular weight excluding hydrogens is 258 g/mol. The van der Waals surface area contributed by atoms with Crippen LogP contribution in [0.25, 0.3) is 4.96 Å². The molecule has 0 bridgehead atoms. The highest BCUT2D eigenvalue weighted by Gasteiger charge is 2.14. The minimum absolute atomic E-state index is 0.154. The number of alkyl halides is 1. The summed E-state index contributed by atoms with van der Waals surface area (Å²) in [4.78, 5) is 16.7. The zero-order chi connectivity index (χ0) is 12.4. The van der Waals surface area contributed by atoms with Crippen LogP contribution in [0.3, 0.4) is 0 Å². The van der Waals surface area contributed by atoms with Gasteiger partial charge in [-0.25, -0.2) is 4.98 Å². The van der Waals surface area contributed by atoms with Gasteiger partial charge in [0.15, 0.2) is 0 Å². The summed E-state index contributed by atoms with van der Waals surface area (Å²) in [6.07, 6.45) is 2.04. The Labute approximate surface area is 108 Å². The summed E-state index contributed by atoms with van der Waals surface area (Å²) >= 11 is 7.18. The van der Waals surface area contributed by atoms with Crippen LogP contribution in [0.15, 0.2) is 10.9 Å². The molecule has 0 aliphatic heterocycles. The molecule has 0 atom stereocenters. The first-order valence-electron chi connectivity index (χ1n) is 5.65. The van der Waals surface area contributed by atoms with Gasteiger partial charge in [-0.2, -0.15) is 9.61 Å². The zero-order valence-electron chi connectivity index (χ0n) is 9.81. The van der Waals surface area contributed by atoms with Crippen molar-refractivity contribution in [2.24, 2.45) is 0 Å². The van der Waals surface area contributed by atoms with Crippen molar-refractivity contribution in [2.45, 2.75) is 38.5 Å². The molecule has 0 unspecified atom stereocenters. The van der Waals surface area contributed by atoms with Gasteiger partial charge >= 0.3 is 0 Å². The maximum Gasteiger partial charge on any atom is 0.275 e. The van der Waals surface area contributed by atoms with Gasteiger partial charge in [-0.1, -0.05) is 25.2 Å². The number of hydrogen-bond acceptors (Lipinski definition) is 4. The fourth-order valence-corrected chi connectivity index (χ4v) is 3.07. The third-order valence-corrected chi connectivity index (χ3v) is 4.13. The van der Waals surface area contributed by atoms with Crippen molar-refractivity contribution in [1.29, 1.82) is 0 Å². The first kappa shape index (κ1) is 12.5. The molecule has 2 aromatic rings. The predicted octanol–water partition coefficient (Wildman–Crippen LogP) is 2.79. The standard InChI is InChI=1S/C11H14ClN3OS/c1-3-7(4-2)10-14-15-9(16)5-8(6-12)13-11(15)17-10/h5,7H,3-4,6H2,1-2H3. The largest absolute Gasteiger partial charge is 0.275 e. The molecule has 0 aliphatic carbocycles. The molecule has 0 N–H and O–H groups in total. The van der Waals surface area contributed by atoms with Gasteiger partial charge in [0.1, 0.15) is 5.01 Å². The number of nitrogens with zero attached hydrogens (tertiary/aromatic N) is 3. The number of rotatable bonds is 4. The van der Waals surface area contributed by atoms with Crippen LogP contribution in [0.2, 0.25) is 0 Å². The Morgan fingerprint density at radius 1 is 1.47 bits per heavy atom. The van der Waals surface area contributed by atoms with Gasteiger partial charge in [0.25, 0.3) is 5.56 Å². The van der Waals surface area contributed by atoms with Crippen LogP contribution in [0.5, 0.6) is 0 Å². The number of halogens is 1. The normalized spacial score (nSPS) is 11.5. The molecule has 0 fully saturated rings. The summed E-state index contributed by atoms with van der Waals surface area (Å²) < 4.78 is 1.37. The quantitative estimate of drug-likeness (QED) is 0.804. The second-order valence-corrected chi connectivity index (χ2v) is 5.12. The molecular formula is C11H14ClN3OS. The van der Waals surface area contributed by atoms with Crippen molar-refractivity contribution in [3.8, 4) is 0 Å². The van der Waals surface area contributed by atoms with Crippen molar-refractivity contribution >= 4 is 27.9 Å². The Hall–Kier alpha value is -0.940. The highest BCUT2D eigenvalue weighted by molar-refractivity contribution is 7.16. The van der Waals surface area contributed by atoms with Gasteiger partial charge in [-0.15, -0.1) is 11.6 Å². The molecule has 0 aliphatic rings. The van der Waals surface area contributed by atoms with Gasteiger partial charge in [0, 0.05) is 12.0 Å². The molecule has 4 nitrogen and oxygen atoms in total. The lowest BCUT2D eigenvalue weighted by atomic mass is 10.1. The summed E-state index contributed by atoms with van der Waals surface area (Å²) in [6, 6.07) is 1.44. The van der Waals surface area contributed by atoms with Crippen molar-refractivity contribution in [2.75, 3.05) is 0 Å². The zero-order valence-corrected chi connectivity index (χ0v) is 11.4. The maximum atomic E-state index is 11.8. The van der Waals surface area contributed by atoms with Gasteiger partial charge in [0.05, 0.1) is 11.6 Å². The molecule has 2 heterocycles. The van der Waals surface area contributed by atoms with Crippen molar-refractivity contribution in [3.05, 3.63) is 27.1 Å². The SMILES string of the molecule is CCC(CC)c1nn2c(=O)cc(CCl)nc2s1. The van der Waals surface area contributed by atoms with Gasteiger partial charge in [-0.05, 0) is 12.8 Å². The molecule has 0 aromatic carbocycles. The predicted molar refractivity (Wildman–Crippen MR) is 70.0 cm³/mol. The molecule has 2 rings (SSSR count). The van der Waals surface area contributed by atoms with Crippen LogP contribution < -0.4 is 5.56 Å². The van der Waals surface area contributed by atoms with Crippen LogP contribution in [0.4, 0.5) is 0 Å². The van der Waals surface area contributed by atoms with Crippen molar-refractivity contribution in [1.82, 2.24) is 14.6 Å². The highest BCUT2D eigenvalue weighted by Crippen LogP contribution is 2.26. The van der Waals surface area contributed by atoms with E-state index in [-0.39, 0.29) is 11.4 Å². The Bertz CT molecular complexity index is 574. The summed E-state index contributed by atoms with van der Waals surface area (Å²) in [7, 11) is 0. The lowest BCUT2D eigenvalue weighted by molar-refractivity contribution is 0.623. The third-order valence-electron chi connectivity index (χ3n) is 2.79. The second kappa shape index (κ2) is 5.14. The second-order valence-electron chi connectivity index (χ2n) is 3.87. The van der Waals surface area contributed by atoms with Crippen LogP contribution in [0.1, 0.15) is 43.3 Å². The minimum Gasteiger partial charge on any atom is -0.267 e. The monoisotopic (exact) mass is 271 g/mol. The average molecular weight is 272 g/mol. The van der Waals surface area contributed by atoms with E-state index in [1.54, 1.807) is 0 Å². The van der Waals surface area contributed by atoms with Gasteiger partial charge < -0.3 is 0 Å². The summed E-state index contributed by atoms with van der Waals surface area (Å²) in [5.74, 6) is 0.657. The lowest BCUT2D eigenvalue weighted by Gasteiger charge is -2.05. The fourth-order valence-electron chi connectivity index (χ4n) is 1.74. The maximum absolute atomic E-state index is 11.8. The topological polar surface area (TPSA) is 47.3 Å². The summed E-state index contributed by atoms with van der Waals surface area (Å²) in [5.41, 5.74) is 0.454. The van der Waals surface area contributed by atoms with Crippen LogP contribution in [-0.2, 0) is 5.88 Å². The first-order chi connectivity index (χ1) is 8.19. The Balaban J connectivity index is 2.57. The first-order valence-corrected chi connectivity index (χ1v) is 7.00. The lowest BCUT2D eigenvalue weighted by Crippen LogP contribution is -2.15. The molecule has 0 amide bonds. The Kier molecular flexibility index (Phi) is 3.79. The summed E-state index contributed by atoms with van der Waals surface area (Å²) in [6.45, 7) is 4.25. The van der Waals surface area contributed by atoms with E-state index in [1.807, 2.05) is 0 Å². The smallest absolute Gasteiger partial charge is 0.267 e. The van der Waals surface area contributed by atoms with E-state index < -0.39 is 0 Å². The molecule has 92 valence electrons. The Morgan fingerprint density at radius 3 is 2.76 bits per heavy atom. The van der Waals surface area contributed by atoms with Crippen molar-refractivity contribution < 1.29 is 0 Å². The van der Waals surface area contributed by atoms with E-state index in [9.17, 15) is 4.79 Å². The molecule has 17 heavy (non-hydrogen) atoms. The van der Waals surface area contributed by atoms with E-state index in [0.29, 0.717) is 16.6 Å². The van der Waals surface area contributed by atoms with Crippen LogP contribution >= 0.6 is 22.9 Å². The van der Waals surface area contributed by atoms with E-state index in [0.717, 1.165) is 17.8 Å². The molecule has 6 heteroatoms. The molecule has 2 aromatic heterocycles. The van der Waals surface area contributed by atoms with E-state index in [4.69, 9.17) is 11.6 Å². The van der Waals surface area contributed by atoms with Crippen LogP contribution in [0, 0.1) is 0 Å². The van der Waals surface area contributed by atoms with Gasteiger partial charge in [-0.3, -0.25) is 4.79 Å². The van der Waals surface area contributed by atoms with Crippen molar-refractivity contribution in [3.63, 3.8) is 0 Å². The number of hydrogen-bond donors (Lipinski definition) is 0. The van der Waals surface area contributed by atoms with E-state index in [1.165, 1.54) is 21.9 Å². The molecule has 0 spiro atoms. The summed E-state index contributed by atoms with van der Waals surface area (Å²) in [5, 5.41) is 5.32. The minimum atomic E-state index is -0.154. The highest BCUT2D eigenvalue weighted by atomic mass is 35.5. The fraction of sp³-hybridized carbons (Fsp3) is 0.545. The Morgan fingerprint density at radius 2 is 2.18 bits per heavy atom.